The van der Waals surface area contributed by atoms with Crippen LogP contribution in [0.2, 0.25) is 5.02 Å². The van der Waals surface area contributed by atoms with Gasteiger partial charge in [0.1, 0.15) is 17.3 Å². The van der Waals surface area contributed by atoms with Crippen molar-refractivity contribution in [1.29, 1.82) is 0 Å². The minimum atomic E-state index is -0.420. The van der Waals surface area contributed by atoms with Gasteiger partial charge in [-0.2, -0.15) is 11.8 Å². The molecule has 1 aromatic heterocycles. The molecule has 6 nitrogen and oxygen atoms in total. The minimum Gasteiger partial charge on any atom is -0.495 e. The number of anilines is 2. The van der Waals surface area contributed by atoms with Crippen LogP contribution in [0.1, 0.15) is 10.4 Å². The number of ether oxygens (including phenoxy) is 2. The van der Waals surface area contributed by atoms with Crippen LogP contribution in [0.25, 0.3) is 10.9 Å². The van der Waals surface area contributed by atoms with Gasteiger partial charge in [0.05, 0.1) is 41.7 Å². The van der Waals surface area contributed by atoms with Crippen molar-refractivity contribution in [1.82, 2.24) is 9.88 Å². The number of benzene rings is 2. The number of hydrogen-bond donors (Lipinski definition) is 1. The number of aromatic nitrogens is 1. The monoisotopic (exact) mass is 461 g/mol. The lowest BCUT2D eigenvalue weighted by Gasteiger charge is -2.27. The van der Waals surface area contributed by atoms with Crippen LogP contribution in [-0.2, 0) is 0 Å². The first kappa shape index (κ1) is 21.5. The van der Waals surface area contributed by atoms with Crippen LogP contribution in [0.15, 0.2) is 36.5 Å². The van der Waals surface area contributed by atoms with Gasteiger partial charge in [0.25, 0.3) is 5.91 Å². The standard InChI is InChI=1S/C22H21ClFN3O3S/c1-29-19-11-20(30-2)18(10-16(19)23)26-21-14-9-13(24)3-4-17(14)25-12-15(21)22(28)27-5-7-31-8-6-27/h3-4,9-12H,5-8H2,1-2H3,(H,25,26). The molecule has 3 aromatic rings. The number of halogens is 2. The van der Waals surface area contributed by atoms with Crippen molar-refractivity contribution in [3.63, 3.8) is 0 Å². The number of carbonyl (C=O) groups excluding carboxylic acids is 1. The average Bonchev–Trinajstić information content (AvgIpc) is 2.79. The number of carbonyl (C=O) groups is 1. The van der Waals surface area contributed by atoms with E-state index in [9.17, 15) is 9.18 Å². The van der Waals surface area contributed by atoms with E-state index < -0.39 is 5.82 Å². The molecule has 0 bridgehead atoms. The molecule has 0 saturated carbocycles. The smallest absolute Gasteiger partial charge is 0.257 e. The van der Waals surface area contributed by atoms with Crippen LogP contribution >= 0.6 is 23.4 Å². The fourth-order valence-corrected chi connectivity index (χ4v) is 4.63. The second-order valence-electron chi connectivity index (χ2n) is 6.92. The van der Waals surface area contributed by atoms with Crippen LogP contribution in [0.4, 0.5) is 15.8 Å². The Labute approximate surface area is 188 Å². The molecule has 0 aliphatic carbocycles. The van der Waals surface area contributed by atoms with Gasteiger partial charge in [-0.05, 0) is 24.3 Å². The van der Waals surface area contributed by atoms with Crippen molar-refractivity contribution >= 4 is 51.5 Å². The van der Waals surface area contributed by atoms with Gasteiger partial charge >= 0.3 is 0 Å². The molecule has 4 rings (SSSR count). The maximum atomic E-state index is 14.1. The first-order chi connectivity index (χ1) is 15.0. The molecule has 1 saturated heterocycles. The summed E-state index contributed by atoms with van der Waals surface area (Å²) in [4.78, 5) is 19.5. The Morgan fingerprint density at radius 1 is 1.16 bits per heavy atom. The molecule has 31 heavy (non-hydrogen) atoms. The highest BCUT2D eigenvalue weighted by Gasteiger charge is 2.24. The summed E-state index contributed by atoms with van der Waals surface area (Å²) in [6, 6.07) is 7.59. The van der Waals surface area contributed by atoms with E-state index in [0.29, 0.717) is 57.5 Å². The number of nitrogens with one attached hydrogen (secondary N) is 1. The third-order valence-corrected chi connectivity index (χ3v) is 6.33. The predicted molar refractivity (Wildman–Crippen MR) is 123 cm³/mol. The molecule has 0 radical (unpaired) electrons. The lowest BCUT2D eigenvalue weighted by Crippen LogP contribution is -2.38. The predicted octanol–water partition coefficient (Wildman–Crippen LogP) is 4.98. The Bertz CT molecular complexity index is 1140. The fraction of sp³-hybridized carbons (Fsp3) is 0.273. The third kappa shape index (κ3) is 4.36. The van der Waals surface area contributed by atoms with E-state index in [1.807, 2.05) is 11.8 Å². The lowest BCUT2D eigenvalue weighted by atomic mass is 10.1. The zero-order valence-corrected chi connectivity index (χ0v) is 18.6. The molecule has 162 valence electrons. The number of pyridine rings is 1. The molecule has 0 atom stereocenters. The van der Waals surface area contributed by atoms with E-state index in [1.165, 1.54) is 32.5 Å². The SMILES string of the molecule is COc1cc(OC)c(Nc2c(C(=O)N3CCSCC3)cnc3ccc(F)cc23)cc1Cl. The van der Waals surface area contributed by atoms with Crippen LogP contribution in [0, 0.1) is 5.82 Å². The molecule has 2 aromatic carbocycles. The number of nitrogens with zero attached hydrogens (tertiary/aromatic N) is 2. The van der Waals surface area contributed by atoms with Gasteiger partial charge in [-0.25, -0.2) is 4.39 Å². The molecule has 2 heterocycles. The van der Waals surface area contributed by atoms with Gasteiger partial charge in [-0.3, -0.25) is 9.78 Å². The Morgan fingerprint density at radius 2 is 1.90 bits per heavy atom. The van der Waals surface area contributed by atoms with E-state index in [1.54, 1.807) is 23.1 Å². The largest absolute Gasteiger partial charge is 0.495 e. The molecule has 1 amide bonds. The molecular weight excluding hydrogens is 441 g/mol. The van der Waals surface area contributed by atoms with Gasteiger partial charge in [-0.1, -0.05) is 11.6 Å². The molecule has 1 N–H and O–H groups in total. The first-order valence-corrected chi connectivity index (χ1v) is 11.2. The summed E-state index contributed by atoms with van der Waals surface area (Å²) in [5, 5.41) is 4.11. The Hall–Kier alpha value is -2.71. The van der Waals surface area contributed by atoms with Gasteiger partial charge in [0.15, 0.2) is 0 Å². The number of methoxy groups -OCH3 is 2. The van der Waals surface area contributed by atoms with Gasteiger partial charge < -0.3 is 19.7 Å². The highest BCUT2D eigenvalue weighted by Crippen LogP contribution is 2.39. The van der Waals surface area contributed by atoms with Gasteiger partial charge in [-0.15, -0.1) is 0 Å². The third-order valence-electron chi connectivity index (χ3n) is 5.09. The van der Waals surface area contributed by atoms with E-state index in [0.717, 1.165) is 11.5 Å². The molecular formula is C22H21ClFN3O3S. The highest BCUT2D eigenvalue weighted by molar-refractivity contribution is 7.99. The van der Waals surface area contributed by atoms with Crippen molar-refractivity contribution in [3.8, 4) is 11.5 Å². The van der Waals surface area contributed by atoms with E-state index >= 15 is 0 Å². The van der Waals surface area contributed by atoms with Crippen molar-refractivity contribution in [2.75, 3.05) is 44.1 Å². The van der Waals surface area contributed by atoms with Crippen molar-refractivity contribution in [2.24, 2.45) is 0 Å². The summed E-state index contributed by atoms with van der Waals surface area (Å²) in [6.07, 6.45) is 1.53. The summed E-state index contributed by atoms with van der Waals surface area (Å²) in [5.74, 6) is 2.11. The average molecular weight is 462 g/mol. The lowest BCUT2D eigenvalue weighted by molar-refractivity contribution is 0.0773. The minimum absolute atomic E-state index is 0.153. The van der Waals surface area contributed by atoms with Gasteiger partial charge in [0.2, 0.25) is 0 Å². The Morgan fingerprint density at radius 3 is 2.61 bits per heavy atom. The van der Waals surface area contributed by atoms with E-state index in [4.69, 9.17) is 21.1 Å². The van der Waals surface area contributed by atoms with E-state index in [2.05, 4.69) is 10.3 Å². The summed E-state index contributed by atoms with van der Waals surface area (Å²) in [5.41, 5.74) is 1.90. The Balaban J connectivity index is 1.86. The second-order valence-corrected chi connectivity index (χ2v) is 8.56. The quantitative estimate of drug-likeness (QED) is 0.578. The molecule has 0 spiro atoms. The van der Waals surface area contributed by atoms with Crippen molar-refractivity contribution in [3.05, 3.63) is 52.9 Å². The van der Waals surface area contributed by atoms with Crippen LogP contribution < -0.4 is 14.8 Å². The highest BCUT2D eigenvalue weighted by atomic mass is 35.5. The normalized spacial score (nSPS) is 13.9. The summed E-state index contributed by atoms with van der Waals surface area (Å²) >= 11 is 8.14. The first-order valence-electron chi connectivity index (χ1n) is 9.65. The van der Waals surface area contributed by atoms with Gasteiger partial charge in [0, 0.05) is 42.2 Å². The molecule has 9 heteroatoms. The number of fused-ring (bicyclic) bond motifs is 1. The molecule has 1 aliphatic rings. The number of rotatable bonds is 5. The van der Waals surface area contributed by atoms with Crippen molar-refractivity contribution in [2.45, 2.75) is 0 Å². The second kappa shape index (κ2) is 9.20. The zero-order valence-electron chi connectivity index (χ0n) is 17.1. The van der Waals surface area contributed by atoms with Crippen LogP contribution in [0.5, 0.6) is 11.5 Å². The number of hydrogen-bond acceptors (Lipinski definition) is 6. The topological polar surface area (TPSA) is 63.7 Å². The number of thioether (sulfide) groups is 1. The molecule has 1 fully saturated rings. The molecule has 0 unspecified atom stereocenters. The Kier molecular flexibility index (Phi) is 6.38. The summed E-state index contributed by atoms with van der Waals surface area (Å²) in [6.45, 7) is 1.31. The van der Waals surface area contributed by atoms with Crippen LogP contribution in [-0.4, -0.2) is 54.6 Å². The summed E-state index contributed by atoms with van der Waals surface area (Å²) < 4.78 is 24.9. The fourth-order valence-electron chi connectivity index (χ4n) is 3.49. The maximum absolute atomic E-state index is 14.1. The van der Waals surface area contributed by atoms with Crippen molar-refractivity contribution < 1.29 is 18.7 Å². The van der Waals surface area contributed by atoms with E-state index in [-0.39, 0.29) is 5.91 Å². The van der Waals surface area contributed by atoms with Crippen LogP contribution in [0.3, 0.4) is 0 Å². The number of amides is 1. The maximum Gasteiger partial charge on any atom is 0.257 e. The summed E-state index contributed by atoms with van der Waals surface area (Å²) in [7, 11) is 3.04. The molecule has 1 aliphatic heterocycles. The zero-order chi connectivity index (χ0) is 22.0.